The molecule has 0 radical (unpaired) electrons. The lowest BCUT2D eigenvalue weighted by Crippen LogP contribution is -2.10. The van der Waals surface area contributed by atoms with Crippen molar-refractivity contribution in [3.05, 3.63) is 368 Å². The summed E-state index contributed by atoms with van der Waals surface area (Å²) in [5.41, 5.74) is 12.8. The Hall–Kier alpha value is -12.3. The zero-order chi connectivity index (χ0) is 64.3. The molecule has 0 saturated heterocycles. The Morgan fingerprint density at radius 2 is 0.557 bits per heavy atom. The highest BCUT2D eigenvalue weighted by atomic mass is 79.9. The van der Waals surface area contributed by atoms with Crippen molar-refractivity contribution in [1.29, 1.82) is 0 Å². The monoisotopic (exact) mass is 1300 g/mol. The first-order valence-electron chi connectivity index (χ1n) is 33.1. The lowest BCUT2D eigenvalue weighted by atomic mass is 9.94. The normalized spacial score (nSPS) is 11.6. The van der Waals surface area contributed by atoms with Gasteiger partial charge in [-0.15, -0.1) is 0 Å². The fraction of sp³-hybridized carbons (Fsp3) is 0. The quantitative estimate of drug-likeness (QED) is 0.161. The number of aromatic nitrogens is 2. The predicted molar refractivity (Wildman–Crippen MR) is 420 cm³/mol. The van der Waals surface area contributed by atoms with Crippen LogP contribution in [-0.4, -0.2) is 9.13 Å². The van der Waals surface area contributed by atoms with E-state index >= 15 is 0 Å². The summed E-state index contributed by atoms with van der Waals surface area (Å²) >= 11 is 3.62. The number of nitrogens with one attached hydrogen (secondary N) is 1. The van der Waals surface area contributed by atoms with Crippen LogP contribution in [0.1, 0.15) is 0 Å². The summed E-state index contributed by atoms with van der Waals surface area (Å²) in [6.07, 6.45) is 0. The van der Waals surface area contributed by atoms with E-state index in [9.17, 15) is 0 Å². The maximum Gasteiger partial charge on any atom is 0.0561 e. The number of para-hydroxylation sites is 4. The zero-order valence-electron chi connectivity index (χ0n) is 52.9. The minimum atomic E-state index is 1.10. The first kappa shape index (κ1) is 57.4. The van der Waals surface area contributed by atoms with Crippen LogP contribution in [0.3, 0.4) is 0 Å². The maximum absolute atomic E-state index is 3.62. The van der Waals surface area contributed by atoms with Crippen molar-refractivity contribution in [2.45, 2.75) is 0 Å². The Bertz CT molecular complexity index is 6380. The summed E-state index contributed by atoms with van der Waals surface area (Å²) in [6, 6.07) is 131. The molecule has 0 spiro atoms. The molecule has 456 valence electrons. The van der Waals surface area contributed by atoms with Gasteiger partial charge in [0.05, 0.1) is 22.1 Å². The molecule has 20 aromatic rings. The van der Waals surface area contributed by atoms with Crippen molar-refractivity contribution in [3.8, 4) is 11.4 Å². The van der Waals surface area contributed by atoms with Crippen LogP contribution in [0.15, 0.2) is 368 Å². The number of hydrogen-bond donors (Lipinski definition) is 1. The first-order chi connectivity index (χ1) is 48.0. The van der Waals surface area contributed by atoms with Crippen molar-refractivity contribution in [1.82, 2.24) is 9.13 Å². The van der Waals surface area contributed by atoms with E-state index in [1.54, 1.807) is 0 Å². The van der Waals surface area contributed by atoms with Gasteiger partial charge in [0.15, 0.2) is 0 Å². The predicted octanol–water partition coefficient (Wildman–Crippen LogP) is 26.5. The molecular formula is C92H61BrN4. The van der Waals surface area contributed by atoms with Crippen LogP contribution in [-0.2, 0) is 0 Å². The summed E-state index contributed by atoms with van der Waals surface area (Å²) in [5.74, 6) is 0. The smallest absolute Gasteiger partial charge is 0.0561 e. The third-order valence-corrected chi connectivity index (χ3v) is 19.8. The zero-order valence-corrected chi connectivity index (χ0v) is 54.4. The van der Waals surface area contributed by atoms with Gasteiger partial charge in [0, 0.05) is 65.8 Å². The Balaban J connectivity index is 0.000000117. The minimum Gasteiger partial charge on any atom is -0.356 e. The average molecular weight is 1300 g/mol. The highest BCUT2D eigenvalue weighted by molar-refractivity contribution is 9.10. The highest BCUT2D eigenvalue weighted by Gasteiger charge is 2.20. The van der Waals surface area contributed by atoms with Crippen LogP contribution in [0, 0.1) is 0 Å². The minimum absolute atomic E-state index is 1.10. The molecule has 4 nitrogen and oxygen atoms in total. The first-order valence-corrected chi connectivity index (χ1v) is 33.9. The van der Waals surface area contributed by atoms with Crippen molar-refractivity contribution in [3.63, 3.8) is 0 Å². The molecule has 97 heavy (non-hydrogen) atoms. The fourth-order valence-electron chi connectivity index (χ4n) is 15.0. The number of benzene rings is 18. The van der Waals surface area contributed by atoms with Gasteiger partial charge < -0.3 is 19.4 Å². The van der Waals surface area contributed by atoms with Crippen LogP contribution < -0.4 is 10.2 Å². The summed E-state index contributed by atoms with van der Waals surface area (Å²) in [5, 5.41) is 29.0. The van der Waals surface area contributed by atoms with E-state index in [1.807, 2.05) is 18.2 Å². The lowest BCUT2D eigenvalue weighted by molar-refractivity contribution is 1.18. The number of fused-ring (bicyclic) bond motifs is 20. The summed E-state index contributed by atoms with van der Waals surface area (Å²) in [4.78, 5) is 2.39. The van der Waals surface area contributed by atoms with Gasteiger partial charge in [-0.2, -0.15) is 0 Å². The van der Waals surface area contributed by atoms with E-state index in [0.717, 1.165) is 38.6 Å². The number of nitrogens with zero attached hydrogens (tertiary/aromatic N) is 3. The molecule has 0 amide bonds. The third kappa shape index (κ3) is 10.2. The Kier molecular flexibility index (Phi) is 14.3. The SMILES string of the molecule is Brc1ccc2c3ccccc3n(-c3ccc4ccccc4c3)c2c1.c1ccc(N(c2ccc3c4ccccc4c4ccccc4c3c2)c2ccc3c4ccccc4n(-c4ccc5ccccc5c4)c3c2)cc1.c1ccc(Nc2ccc3c4ccccc4c4ccccc4c3c2)cc1. The van der Waals surface area contributed by atoms with Crippen molar-refractivity contribution in [2.75, 3.05) is 10.2 Å². The second-order valence-electron chi connectivity index (χ2n) is 25.0. The lowest BCUT2D eigenvalue weighted by Gasteiger charge is -2.26. The van der Waals surface area contributed by atoms with Gasteiger partial charge in [-0.05, 0) is 195 Å². The van der Waals surface area contributed by atoms with E-state index in [1.165, 1.54) is 135 Å². The summed E-state index contributed by atoms with van der Waals surface area (Å²) in [6.45, 7) is 0. The molecule has 0 aliphatic rings. The van der Waals surface area contributed by atoms with Gasteiger partial charge in [0.25, 0.3) is 0 Å². The molecule has 18 aromatic carbocycles. The molecule has 0 bridgehead atoms. The van der Waals surface area contributed by atoms with Crippen LogP contribution in [0.25, 0.3) is 141 Å². The van der Waals surface area contributed by atoms with Crippen molar-refractivity contribution >= 4 is 174 Å². The topological polar surface area (TPSA) is 25.1 Å². The third-order valence-electron chi connectivity index (χ3n) is 19.3. The molecule has 0 fully saturated rings. The summed E-state index contributed by atoms with van der Waals surface area (Å²) < 4.78 is 5.87. The second kappa shape index (κ2) is 24.2. The molecule has 0 atom stereocenters. The molecule has 0 aliphatic heterocycles. The van der Waals surface area contributed by atoms with E-state index in [2.05, 4.69) is 381 Å². The number of rotatable bonds is 7. The molecule has 5 heteroatoms. The van der Waals surface area contributed by atoms with Crippen molar-refractivity contribution < 1.29 is 0 Å². The van der Waals surface area contributed by atoms with Crippen LogP contribution >= 0.6 is 15.9 Å². The number of halogens is 1. The van der Waals surface area contributed by atoms with E-state index in [0.29, 0.717) is 0 Å². The average Bonchev–Trinajstić information content (AvgIpc) is 1.69. The van der Waals surface area contributed by atoms with Crippen molar-refractivity contribution in [2.24, 2.45) is 0 Å². The molecule has 2 aromatic heterocycles. The van der Waals surface area contributed by atoms with Gasteiger partial charge in [0.2, 0.25) is 0 Å². The molecule has 0 saturated carbocycles. The molecular weight excluding hydrogens is 1240 g/mol. The van der Waals surface area contributed by atoms with Gasteiger partial charge >= 0.3 is 0 Å². The van der Waals surface area contributed by atoms with E-state index < -0.39 is 0 Å². The van der Waals surface area contributed by atoms with Gasteiger partial charge in [-0.1, -0.05) is 271 Å². The molecule has 1 N–H and O–H groups in total. The van der Waals surface area contributed by atoms with Crippen LogP contribution in [0.4, 0.5) is 28.4 Å². The van der Waals surface area contributed by atoms with Gasteiger partial charge in [-0.25, -0.2) is 0 Å². The second-order valence-corrected chi connectivity index (χ2v) is 25.9. The van der Waals surface area contributed by atoms with E-state index in [4.69, 9.17) is 0 Å². The fourth-order valence-corrected chi connectivity index (χ4v) is 15.3. The van der Waals surface area contributed by atoms with Gasteiger partial charge in [-0.3, -0.25) is 0 Å². The Morgan fingerprint density at radius 1 is 0.206 bits per heavy atom. The highest BCUT2D eigenvalue weighted by Crippen LogP contribution is 2.44. The largest absolute Gasteiger partial charge is 0.356 e. The van der Waals surface area contributed by atoms with E-state index in [-0.39, 0.29) is 0 Å². The van der Waals surface area contributed by atoms with Crippen LogP contribution in [0.2, 0.25) is 0 Å². The standard InChI is InChI=1S/C46H30N2.C24H17N.C22H14BrN/c1-2-14-33(15-3-1)47(35-24-26-41-39-18-7-6-16-37(39)38-17-8-9-19-40(38)44(41)29-35)36-25-27-43-42-20-10-11-21-45(42)48(46(43)30-36)34-23-22-31-12-4-5-13-32(31)28-34;1-2-8-17(9-3-1)25-18-14-15-23-21-12-5-4-10-19(21)20-11-6-7-13-22(20)24(23)16-18;23-17-10-12-20-19-7-3-4-8-21(19)24(22(20)14-17)18-11-9-15-5-1-2-6-16(15)13-18/h1-30H;1-16,25H;1-14H. The molecule has 0 aliphatic carbocycles. The molecule has 20 rings (SSSR count). The maximum atomic E-state index is 3.62. The summed E-state index contributed by atoms with van der Waals surface area (Å²) in [7, 11) is 0. The molecule has 0 unspecified atom stereocenters. The van der Waals surface area contributed by atoms with Crippen LogP contribution in [0.5, 0.6) is 0 Å². The van der Waals surface area contributed by atoms with Gasteiger partial charge in [0.1, 0.15) is 0 Å². The number of anilines is 5. The number of hydrogen-bond acceptors (Lipinski definition) is 2. The Morgan fingerprint density at radius 3 is 1.06 bits per heavy atom. The Labute approximate surface area is 569 Å². The molecule has 2 heterocycles.